The van der Waals surface area contributed by atoms with Gasteiger partial charge in [0, 0.05) is 22.1 Å². The average molecular weight is 489 g/mol. The molecule has 2 heterocycles. The standard InChI is InChI=1S/C26H20N2O3.BrH/c29-21-12-10-19(11-13-21)24(30)17-28-15-14-27(18-28)16-23-22-8-4-5-9-25(22)31-26(23)20-6-2-1-3-7-20;/h1-15,18H,16-17H2;1H. The first kappa shape index (κ1) is 21.6. The highest BCUT2D eigenvalue weighted by molar-refractivity contribution is 5.96. The van der Waals surface area contributed by atoms with Gasteiger partial charge >= 0.3 is 0 Å². The number of nitrogens with zero attached hydrogens (tertiary/aromatic N) is 2. The molecule has 0 atom stereocenters. The summed E-state index contributed by atoms with van der Waals surface area (Å²) in [5, 5.41) is 10.5. The quantitative estimate of drug-likeness (QED) is 0.293. The van der Waals surface area contributed by atoms with E-state index in [1.165, 1.54) is 12.1 Å². The number of hydrogen-bond acceptors (Lipinski definition) is 3. The van der Waals surface area contributed by atoms with Gasteiger partial charge < -0.3 is 26.5 Å². The minimum absolute atomic E-state index is 0. The Bertz CT molecular complexity index is 1360. The zero-order valence-electron chi connectivity index (χ0n) is 17.2. The van der Waals surface area contributed by atoms with Crippen LogP contribution < -0.4 is 21.5 Å². The largest absolute Gasteiger partial charge is 1.00 e. The zero-order valence-corrected chi connectivity index (χ0v) is 18.8. The molecule has 0 saturated carbocycles. The summed E-state index contributed by atoms with van der Waals surface area (Å²) in [4.78, 5) is 12.5. The van der Waals surface area contributed by atoms with Gasteiger partial charge in [-0.15, -0.1) is 0 Å². The van der Waals surface area contributed by atoms with Crippen molar-refractivity contribution in [2.24, 2.45) is 0 Å². The van der Waals surface area contributed by atoms with Crippen LogP contribution in [0.5, 0.6) is 5.75 Å². The van der Waals surface area contributed by atoms with E-state index in [1.54, 1.807) is 12.1 Å². The Kier molecular flexibility index (Phi) is 6.23. The maximum atomic E-state index is 12.5. The summed E-state index contributed by atoms with van der Waals surface area (Å²) in [6, 6.07) is 24.5. The van der Waals surface area contributed by atoms with Gasteiger partial charge in [0.1, 0.15) is 36.0 Å². The number of halogens is 1. The van der Waals surface area contributed by atoms with Crippen molar-refractivity contribution in [2.45, 2.75) is 13.1 Å². The number of carbonyl (C=O) groups is 1. The highest BCUT2D eigenvalue weighted by Crippen LogP contribution is 2.33. The van der Waals surface area contributed by atoms with Crippen molar-refractivity contribution in [2.75, 3.05) is 0 Å². The number of aromatic nitrogens is 2. The van der Waals surface area contributed by atoms with Crippen LogP contribution in [0.4, 0.5) is 0 Å². The molecule has 6 heteroatoms. The fourth-order valence-corrected chi connectivity index (χ4v) is 3.79. The van der Waals surface area contributed by atoms with Gasteiger partial charge in [0.25, 0.3) is 0 Å². The average Bonchev–Trinajstić information content (AvgIpc) is 3.39. The number of phenols is 1. The Morgan fingerprint density at radius 3 is 2.44 bits per heavy atom. The zero-order chi connectivity index (χ0) is 21.2. The molecular weight excluding hydrogens is 468 g/mol. The summed E-state index contributed by atoms with van der Waals surface area (Å²) in [6.45, 7) is 0.858. The number of Topliss-reactive ketones (excluding diaryl/α,β-unsaturated/α-hetero) is 1. The first-order chi connectivity index (χ1) is 15.2. The molecule has 32 heavy (non-hydrogen) atoms. The van der Waals surface area contributed by atoms with Crippen molar-refractivity contribution >= 4 is 16.8 Å². The number of benzene rings is 3. The van der Waals surface area contributed by atoms with Gasteiger partial charge in [-0.25, -0.2) is 9.13 Å². The summed E-state index contributed by atoms with van der Waals surface area (Å²) >= 11 is 0. The molecular formula is C26H21BrN2O3. The highest BCUT2D eigenvalue weighted by atomic mass is 79.9. The van der Waals surface area contributed by atoms with E-state index in [1.807, 2.05) is 76.4 Å². The van der Waals surface area contributed by atoms with Gasteiger partial charge in [-0.3, -0.25) is 4.79 Å². The number of carbonyl (C=O) groups excluding carboxylic acids is 1. The molecule has 0 unspecified atom stereocenters. The van der Waals surface area contributed by atoms with Crippen molar-refractivity contribution < 1.29 is 35.9 Å². The molecule has 5 nitrogen and oxygen atoms in total. The van der Waals surface area contributed by atoms with E-state index in [4.69, 9.17) is 4.42 Å². The first-order valence-corrected chi connectivity index (χ1v) is 10.1. The van der Waals surface area contributed by atoms with Crippen molar-refractivity contribution in [3.63, 3.8) is 0 Å². The second-order valence-corrected chi connectivity index (χ2v) is 7.50. The van der Waals surface area contributed by atoms with Crippen LogP contribution in [-0.2, 0) is 13.1 Å². The smallest absolute Gasteiger partial charge is 0.244 e. The molecule has 5 rings (SSSR count). The SMILES string of the molecule is O=C(Cn1cc[n+](Cc2c(-c3ccccc3)oc3ccccc23)c1)c1ccc(O)cc1.[Br-]. The minimum atomic E-state index is -0.0125. The minimum Gasteiger partial charge on any atom is -1.00 e. The van der Waals surface area contributed by atoms with Crippen LogP contribution in [0.1, 0.15) is 15.9 Å². The van der Waals surface area contributed by atoms with E-state index in [0.717, 1.165) is 27.9 Å². The monoisotopic (exact) mass is 488 g/mol. The van der Waals surface area contributed by atoms with Gasteiger partial charge in [-0.1, -0.05) is 48.5 Å². The summed E-state index contributed by atoms with van der Waals surface area (Å²) in [7, 11) is 0. The molecule has 1 N–H and O–H groups in total. The molecule has 0 radical (unpaired) electrons. The third-order valence-corrected chi connectivity index (χ3v) is 5.34. The molecule has 3 aromatic carbocycles. The molecule has 0 aliphatic carbocycles. The van der Waals surface area contributed by atoms with Crippen molar-refractivity contribution in [3.8, 4) is 17.1 Å². The number of ketones is 1. The second-order valence-electron chi connectivity index (χ2n) is 7.50. The van der Waals surface area contributed by atoms with E-state index in [-0.39, 0.29) is 35.1 Å². The third-order valence-electron chi connectivity index (χ3n) is 5.34. The van der Waals surface area contributed by atoms with Gasteiger partial charge in [0.15, 0.2) is 6.54 Å². The lowest BCUT2D eigenvalue weighted by Crippen LogP contribution is -3.00. The van der Waals surface area contributed by atoms with E-state index >= 15 is 0 Å². The van der Waals surface area contributed by atoms with Crippen molar-refractivity contribution in [1.29, 1.82) is 0 Å². The summed E-state index contributed by atoms with van der Waals surface area (Å²) in [5.41, 5.74) is 3.58. The van der Waals surface area contributed by atoms with Crippen LogP contribution in [0.3, 0.4) is 0 Å². The van der Waals surface area contributed by atoms with E-state index in [0.29, 0.717) is 12.1 Å². The summed E-state index contributed by atoms with van der Waals surface area (Å²) in [5.74, 6) is 1.00. The lowest BCUT2D eigenvalue weighted by atomic mass is 10.1. The lowest BCUT2D eigenvalue weighted by molar-refractivity contribution is -0.687. The Balaban J connectivity index is 0.00000245. The Hall–Kier alpha value is -3.64. The van der Waals surface area contributed by atoms with Gasteiger partial charge in [-0.2, -0.15) is 0 Å². The molecule has 0 bridgehead atoms. The number of imidazole rings is 1. The Morgan fingerprint density at radius 1 is 0.938 bits per heavy atom. The number of para-hydroxylation sites is 1. The van der Waals surface area contributed by atoms with Crippen molar-refractivity contribution in [3.05, 3.63) is 109 Å². The topological polar surface area (TPSA) is 59.2 Å². The number of hydrogen-bond donors (Lipinski definition) is 1. The van der Waals surface area contributed by atoms with Crippen LogP contribution >= 0.6 is 0 Å². The van der Waals surface area contributed by atoms with Crippen LogP contribution in [-0.4, -0.2) is 15.5 Å². The fourth-order valence-electron chi connectivity index (χ4n) is 3.79. The normalized spacial score (nSPS) is 10.8. The van der Waals surface area contributed by atoms with Crippen LogP contribution in [0.25, 0.3) is 22.3 Å². The molecule has 0 saturated heterocycles. The van der Waals surface area contributed by atoms with Gasteiger partial charge in [0.05, 0.1) is 0 Å². The predicted molar refractivity (Wildman–Crippen MR) is 118 cm³/mol. The van der Waals surface area contributed by atoms with E-state index in [2.05, 4.69) is 6.07 Å². The Labute approximate surface area is 195 Å². The third kappa shape index (κ3) is 4.36. The van der Waals surface area contributed by atoms with Gasteiger partial charge in [0.2, 0.25) is 12.1 Å². The molecule has 0 spiro atoms. The molecule has 2 aromatic heterocycles. The summed E-state index contributed by atoms with van der Waals surface area (Å²) in [6.07, 6.45) is 5.78. The Morgan fingerprint density at radius 2 is 1.66 bits per heavy atom. The summed E-state index contributed by atoms with van der Waals surface area (Å²) < 4.78 is 10.1. The predicted octanol–water partition coefficient (Wildman–Crippen LogP) is 1.83. The van der Waals surface area contributed by atoms with Crippen molar-refractivity contribution in [1.82, 2.24) is 4.57 Å². The molecule has 0 amide bonds. The van der Waals surface area contributed by atoms with Crippen LogP contribution in [0.2, 0.25) is 0 Å². The highest BCUT2D eigenvalue weighted by Gasteiger charge is 2.19. The van der Waals surface area contributed by atoms with E-state index < -0.39 is 0 Å². The first-order valence-electron chi connectivity index (χ1n) is 10.1. The molecule has 0 fully saturated rings. The molecule has 5 aromatic rings. The number of phenolic OH excluding ortho intramolecular Hbond substituents is 1. The lowest BCUT2D eigenvalue weighted by Gasteiger charge is -2.02. The maximum absolute atomic E-state index is 12.5. The van der Waals surface area contributed by atoms with Crippen LogP contribution in [0, 0.1) is 0 Å². The van der Waals surface area contributed by atoms with Crippen LogP contribution in [0.15, 0.2) is 102 Å². The second kappa shape index (κ2) is 9.24. The number of aromatic hydroxyl groups is 1. The van der Waals surface area contributed by atoms with Gasteiger partial charge in [-0.05, 0) is 30.3 Å². The molecule has 0 aliphatic rings. The van der Waals surface area contributed by atoms with E-state index in [9.17, 15) is 9.90 Å². The molecule has 160 valence electrons. The number of rotatable bonds is 6. The molecule has 0 aliphatic heterocycles. The maximum Gasteiger partial charge on any atom is 0.244 e. The number of fused-ring (bicyclic) bond motifs is 1. The fraction of sp³-hybridized carbons (Fsp3) is 0.0769. The number of furan rings is 1.